The van der Waals surface area contributed by atoms with E-state index < -0.39 is 0 Å². The molecule has 0 radical (unpaired) electrons. The molecule has 114 valence electrons. The van der Waals surface area contributed by atoms with Crippen molar-refractivity contribution in [2.45, 2.75) is 32.2 Å². The van der Waals surface area contributed by atoms with Gasteiger partial charge in [-0.3, -0.25) is 9.78 Å². The first-order valence-electron chi connectivity index (χ1n) is 7.60. The number of pyridine rings is 1. The van der Waals surface area contributed by atoms with Crippen molar-refractivity contribution in [1.82, 2.24) is 9.88 Å². The summed E-state index contributed by atoms with van der Waals surface area (Å²) in [6, 6.07) is 11.9. The summed E-state index contributed by atoms with van der Waals surface area (Å²) in [5.41, 5.74) is 3.10. The van der Waals surface area contributed by atoms with Gasteiger partial charge in [-0.2, -0.15) is 0 Å². The normalized spacial score (nSPS) is 17.7. The van der Waals surface area contributed by atoms with Crippen LogP contribution in [0.5, 0.6) is 0 Å². The van der Waals surface area contributed by atoms with Gasteiger partial charge in [-0.15, -0.1) is 0 Å². The fourth-order valence-electron chi connectivity index (χ4n) is 2.98. The molecule has 1 aromatic carbocycles. The van der Waals surface area contributed by atoms with Gasteiger partial charge in [-0.25, -0.2) is 0 Å². The van der Waals surface area contributed by atoms with Crippen LogP contribution in [-0.4, -0.2) is 22.3 Å². The Morgan fingerprint density at radius 2 is 2.05 bits per heavy atom. The minimum Gasteiger partial charge on any atom is -0.335 e. The van der Waals surface area contributed by atoms with Crippen molar-refractivity contribution in [3.8, 4) is 0 Å². The summed E-state index contributed by atoms with van der Waals surface area (Å²) in [6.07, 6.45) is 4.27. The maximum atomic E-state index is 12.6. The van der Waals surface area contributed by atoms with E-state index in [1.165, 1.54) is 0 Å². The highest BCUT2D eigenvalue weighted by molar-refractivity contribution is 6.30. The number of likely N-dealkylation sites (tertiary alicyclic amines) is 1. The maximum absolute atomic E-state index is 12.6. The summed E-state index contributed by atoms with van der Waals surface area (Å²) in [7, 11) is 0. The Morgan fingerprint density at radius 1 is 1.27 bits per heavy atom. The van der Waals surface area contributed by atoms with Gasteiger partial charge in [0.2, 0.25) is 5.91 Å². The van der Waals surface area contributed by atoms with Gasteiger partial charge < -0.3 is 4.90 Å². The van der Waals surface area contributed by atoms with Gasteiger partial charge in [0.15, 0.2) is 0 Å². The monoisotopic (exact) mass is 314 g/mol. The fraction of sp³-hybridized carbons (Fsp3) is 0.333. The van der Waals surface area contributed by atoms with Crippen LogP contribution >= 0.6 is 11.6 Å². The molecule has 22 heavy (non-hydrogen) atoms. The fourth-order valence-corrected chi connectivity index (χ4v) is 3.10. The van der Waals surface area contributed by atoms with Crippen LogP contribution in [0.3, 0.4) is 0 Å². The number of carbonyl (C=O) groups is 1. The predicted molar refractivity (Wildman–Crippen MR) is 87.8 cm³/mol. The van der Waals surface area contributed by atoms with E-state index in [9.17, 15) is 4.79 Å². The first kappa shape index (κ1) is 15.0. The number of halogens is 1. The van der Waals surface area contributed by atoms with Crippen molar-refractivity contribution in [2.75, 3.05) is 6.54 Å². The molecule has 1 aromatic heterocycles. The minimum atomic E-state index is 0.170. The number of amides is 1. The highest BCUT2D eigenvalue weighted by Crippen LogP contribution is 2.32. The highest BCUT2D eigenvalue weighted by Gasteiger charge is 2.29. The molecule has 0 N–H and O–H groups in total. The molecule has 2 aromatic rings. The SMILES string of the molecule is Cc1ccc(CC(=O)N2CCC[C@@H]2c2ccc(Cl)cc2)cn1. The second-order valence-corrected chi connectivity index (χ2v) is 6.22. The average molecular weight is 315 g/mol. The van der Waals surface area contributed by atoms with Crippen LogP contribution in [0.2, 0.25) is 5.02 Å². The first-order valence-corrected chi connectivity index (χ1v) is 7.98. The number of hydrogen-bond donors (Lipinski definition) is 0. The number of rotatable bonds is 3. The Bertz CT molecular complexity index is 652. The summed E-state index contributed by atoms with van der Waals surface area (Å²) < 4.78 is 0. The lowest BCUT2D eigenvalue weighted by Crippen LogP contribution is -2.31. The summed E-state index contributed by atoms with van der Waals surface area (Å²) >= 11 is 5.95. The smallest absolute Gasteiger partial charge is 0.227 e. The largest absolute Gasteiger partial charge is 0.335 e. The summed E-state index contributed by atoms with van der Waals surface area (Å²) in [4.78, 5) is 18.9. The number of nitrogens with zero attached hydrogens (tertiary/aromatic N) is 2. The van der Waals surface area contributed by atoms with E-state index in [1.54, 1.807) is 6.20 Å². The van der Waals surface area contributed by atoms with Crippen LogP contribution in [0, 0.1) is 6.92 Å². The zero-order chi connectivity index (χ0) is 15.5. The Morgan fingerprint density at radius 3 is 2.73 bits per heavy atom. The molecular formula is C18H19ClN2O. The summed E-state index contributed by atoms with van der Waals surface area (Å²) in [5, 5.41) is 0.727. The third-order valence-corrected chi connectivity index (χ3v) is 4.41. The molecule has 0 aliphatic carbocycles. The molecule has 1 atom stereocenters. The molecule has 0 spiro atoms. The summed E-state index contributed by atoms with van der Waals surface area (Å²) in [5.74, 6) is 0.170. The Kier molecular flexibility index (Phi) is 4.44. The molecular weight excluding hydrogens is 296 g/mol. The van der Waals surface area contributed by atoms with Gasteiger partial charge in [-0.05, 0) is 49.1 Å². The quantitative estimate of drug-likeness (QED) is 0.859. The Labute approximate surface area is 135 Å². The average Bonchev–Trinajstić information content (AvgIpc) is 3.00. The summed E-state index contributed by atoms with van der Waals surface area (Å²) in [6.45, 7) is 2.77. The third kappa shape index (κ3) is 3.30. The lowest BCUT2D eigenvalue weighted by molar-refractivity contribution is -0.131. The van der Waals surface area contributed by atoms with E-state index in [-0.39, 0.29) is 11.9 Å². The number of aryl methyl sites for hydroxylation is 1. The zero-order valence-electron chi connectivity index (χ0n) is 12.6. The first-order chi connectivity index (χ1) is 10.6. The number of aromatic nitrogens is 1. The van der Waals surface area contributed by atoms with Crippen molar-refractivity contribution < 1.29 is 4.79 Å². The second-order valence-electron chi connectivity index (χ2n) is 5.78. The molecule has 0 bridgehead atoms. The highest BCUT2D eigenvalue weighted by atomic mass is 35.5. The van der Waals surface area contributed by atoms with Crippen LogP contribution < -0.4 is 0 Å². The molecule has 0 unspecified atom stereocenters. The predicted octanol–water partition coefficient (Wildman–Crippen LogP) is 3.95. The van der Waals surface area contributed by atoms with E-state index in [0.29, 0.717) is 6.42 Å². The van der Waals surface area contributed by atoms with E-state index in [2.05, 4.69) is 4.98 Å². The van der Waals surface area contributed by atoms with Crippen LogP contribution in [0.15, 0.2) is 42.6 Å². The van der Waals surface area contributed by atoms with Crippen molar-refractivity contribution in [3.05, 3.63) is 64.4 Å². The minimum absolute atomic E-state index is 0.170. The van der Waals surface area contributed by atoms with Crippen LogP contribution in [0.25, 0.3) is 0 Å². The van der Waals surface area contributed by atoms with E-state index in [1.807, 2.05) is 48.2 Å². The number of hydrogen-bond acceptors (Lipinski definition) is 2. The molecule has 3 nitrogen and oxygen atoms in total. The second kappa shape index (κ2) is 6.49. The van der Waals surface area contributed by atoms with Gasteiger partial charge in [0.1, 0.15) is 0 Å². The lowest BCUT2D eigenvalue weighted by atomic mass is 10.0. The molecule has 1 fully saturated rings. The number of carbonyl (C=O) groups excluding carboxylic acids is 1. The zero-order valence-corrected chi connectivity index (χ0v) is 13.4. The number of benzene rings is 1. The van der Waals surface area contributed by atoms with Crippen molar-refractivity contribution in [1.29, 1.82) is 0 Å². The van der Waals surface area contributed by atoms with Gasteiger partial charge in [0, 0.05) is 23.5 Å². The molecule has 3 rings (SSSR count). The van der Waals surface area contributed by atoms with Gasteiger partial charge in [0.05, 0.1) is 12.5 Å². The maximum Gasteiger partial charge on any atom is 0.227 e. The molecule has 4 heteroatoms. The Balaban J connectivity index is 1.73. The molecule has 1 amide bonds. The van der Waals surface area contributed by atoms with E-state index >= 15 is 0 Å². The molecule has 1 aliphatic heterocycles. The lowest BCUT2D eigenvalue weighted by Gasteiger charge is -2.25. The topological polar surface area (TPSA) is 33.2 Å². The van der Waals surface area contributed by atoms with E-state index in [4.69, 9.17) is 11.6 Å². The Hall–Kier alpha value is -1.87. The molecule has 1 aliphatic rings. The standard InChI is InChI=1S/C18H19ClN2O/c1-13-4-5-14(12-20-13)11-18(22)21-10-2-3-17(21)15-6-8-16(19)9-7-15/h4-9,12,17H,2-3,10-11H2,1H3/t17-/m1/s1. The van der Waals surface area contributed by atoms with Gasteiger partial charge >= 0.3 is 0 Å². The van der Waals surface area contributed by atoms with E-state index in [0.717, 1.165) is 41.2 Å². The molecule has 0 saturated carbocycles. The molecule has 1 saturated heterocycles. The van der Waals surface area contributed by atoms with Crippen molar-refractivity contribution in [3.63, 3.8) is 0 Å². The van der Waals surface area contributed by atoms with Crippen LogP contribution in [0.1, 0.15) is 35.7 Å². The van der Waals surface area contributed by atoms with Gasteiger partial charge in [0.25, 0.3) is 0 Å². The third-order valence-electron chi connectivity index (χ3n) is 4.16. The van der Waals surface area contributed by atoms with Crippen LogP contribution in [-0.2, 0) is 11.2 Å². The van der Waals surface area contributed by atoms with Crippen molar-refractivity contribution in [2.24, 2.45) is 0 Å². The molecule has 2 heterocycles. The van der Waals surface area contributed by atoms with Crippen LogP contribution in [0.4, 0.5) is 0 Å². The van der Waals surface area contributed by atoms with Crippen molar-refractivity contribution >= 4 is 17.5 Å². The van der Waals surface area contributed by atoms with Gasteiger partial charge in [-0.1, -0.05) is 29.8 Å².